The molecule has 2 N–H and O–H groups in total. The first-order valence-electron chi connectivity index (χ1n) is 8.18. The van der Waals surface area contributed by atoms with Crippen molar-refractivity contribution in [3.8, 4) is 0 Å². The Bertz CT molecular complexity index is 389. The lowest BCUT2D eigenvalue weighted by Crippen LogP contribution is -2.37. The van der Waals surface area contributed by atoms with Gasteiger partial charge in [0, 0.05) is 12.6 Å². The van der Waals surface area contributed by atoms with Crippen LogP contribution in [0.5, 0.6) is 0 Å². The van der Waals surface area contributed by atoms with Crippen LogP contribution in [0.2, 0.25) is 0 Å². The zero-order valence-electron chi connectivity index (χ0n) is 13.7. The zero-order valence-corrected chi connectivity index (χ0v) is 13.7. The summed E-state index contributed by atoms with van der Waals surface area (Å²) in [6, 6.07) is 10.7. The highest BCUT2D eigenvalue weighted by atomic mass is 16.1. The lowest BCUT2D eigenvalue weighted by molar-refractivity contribution is -0.120. The molecule has 0 aliphatic heterocycles. The fraction of sp³-hybridized carbons (Fsp3) is 0.611. The summed E-state index contributed by atoms with van der Waals surface area (Å²) in [5.41, 5.74) is 1.27. The van der Waals surface area contributed by atoms with Gasteiger partial charge in [0.2, 0.25) is 5.91 Å². The van der Waals surface area contributed by atoms with Gasteiger partial charge < -0.3 is 10.6 Å². The molecule has 0 fully saturated rings. The molecule has 1 unspecified atom stereocenters. The van der Waals surface area contributed by atoms with Crippen LogP contribution in [0.15, 0.2) is 30.3 Å². The van der Waals surface area contributed by atoms with E-state index in [1.165, 1.54) is 24.8 Å². The van der Waals surface area contributed by atoms with Crippen LogP contribution in [0.3, 0.4) is 0 Å². The SMILES string of the molecule is CCCCCC(NCC(=O)NCC(C)C)c1ccccc1. The summed E-state index contributed by atoms with van der Waals surface area (Å²) in [5, 5.41) is 6.36. The Kier molecular flexibility index (Phi) is 8.76. The summed E-state index contributed by atoms with van der Waals surface area (Å²) in [6.45, 7) is 7.55. The maximum atomic E-state index is 11.8. The first-order valence-corrected chi connectivity index (χ1v) is 8.18. The normalized spacial score (nSPS) is 12.4. The largest absolute Gasteiger partial charge is 0.355 e. The number of benzene rings is 1. The summed E-state index contributed by atoms with van der Waals surface area (Å²) in [5.74, 6) is 0.573. The number of amides is 1. The van der Waals surface area contributed by atoms with Gasteiger partial charge >= 0.3 is 0 Å². The number of hydrogen-bond donors (Lipinski definition) is 2. The summed E-state index contributed by atoms with van der Waals surface area (Å²) < 4.78 is 0. The van der Waals surface area contributed by atoms with Crippen molar-refractivity contribution < 1.29 is 4.79 Å². The van der Waals surface area contributed by atoms with Crippen molar-refractivity contribution in [2.45, 2.75) is 52.5 Å². The molecule has 0 heterocycles. The van der Waals surface area contributed by atoms with Crippen molar-refractivity contribution in [2.24, 2.45) is 5.92 Å². The van der Waals surface area contributed by atoms with Crippen molar-refractivity contribution >= 4 is 5.91 Å². The summed E-state index contributed by atoms with van der Waals surface area (Å²) in [4.78, 5) is 11.8. The molecular formula is C18H30N2O. The zero-order chi connectivity index (χ0) is 15.5. The van der Waals surface area contributed by atoms with Crippen LogP contribution < -0.4 is 10.6 Å². The highest BCUT2D eigenvalue weighted by molar-refractivity contribution is 5.78. The van der Waals surface area contributed by atoms with Crippen LogP contribution in [0.1, 0.15) is 58.1 Å². The Labute approximate surface area is 129 Å². The first-order chi connectivity index (χ1) is 10.1. The Hall–Kier alpha value is -1.35. The molecule has 0 bridgehead atoms. The number of hydrogen-bond acceptors (Lipinski definition) is 2. The lowest BCUT2D eigenvalue weighted by Gasteiger charge is -2.19. The highest BCUT2D eigenvalue weighted by Crippen LogP contribution is 2.19. The van der Waals surface area contributed by atoms with E-state index in [9.17, 15) is 4.79 Å². The second-order valence-corrected chi connectivity index (χ2v) is 6.04. The Balaban J connectivity index is 2.47. The molecule has 1 rings (SSSR count). The second-order valence-electron chi connectivity index (χ2n) is 6.04. The standard InChI is InChI=1S/C18H30N2O/c1-4-5-7-12-17(16-10-8-6-9-11-16)19-14-18(21)20-13-15(2)3/h6,8-11,15,17,19H,4-5,7,12-14H2,1-3H3,(H,20,21). The maximum Gasteiger partial charge on any atom is 0.233 e. The number of unbranched alkanes of at least 4 members (excludes halogenated alkanes) is 2. The van der Waals surface area contributed by atoms with Gasteiger partial charge in [0.25, 0.3) is 0 Å². The van der Waals surface area contributed by atoms with Gasteiger partial charge in [-0.05, 0) is 17.9 Å². The topological polar surface area (TPSA) is 41.1 Å². The van der Waals surface area contributed by atoms with Crippen LogP contribution in [-0.4, -0.2) is 19.0 Å². The number of carbonyl (C=O) groups is 1. The fourth-order valence-corrected chi connectivity index (χ4v) is 2.27. The van der Waals surface area contributed by atoms with Crippen LogP contribution in [-0.2, 0) is 4.79 Å². The molecule has 3 nitrogen and oxygen atoms in total. The molecule has 3 heteroatoms. The Morgan fingerprint density at radius 1 is 1.14 bits per heavy atom. The molecule has 21 heavy (non-hydrogen) atoms. The van der Waals surface area contributed by atoms with E-state index in [4.69, 9.17) is 0 Å². The minimum Gasteiger partial charge on any atom is -0.355 e. The third kappa shape index (κ3) is 7.86. The first kappa shape index (κ1) is 17.7. The van der Waals surface area contributed by atoms with Crippen molar-refractivity contribution in [2.75, 3.05) is 13.1 Å². The predicted octanol–water partition coefficient (Wildman–Crippen LogP) is 3.67. The van der Waals surface area contributed by atoms with Crippen LogP contribution in [0, 0.1) is 5.92 Å². The van der Waals surface area contributed by atoms with E-state index in [0.717, 1.165) is 13.0 Å². The molecule has 0 saturated carbocycles. The predicted molar refractivity (Wildman–Crippen MR) is 89.2 cm³/mol. The molecule has 0 spiro atoms. The molecule has 0 radical (unpaired) electrons. The Morgan fingerprint density at radius 2 is 1.86 bits per heavy atom. The molecule has 118 valence electrons. The van der Waals surface area contributed by atoms with Crippen molar-refractivity contribution in [1.82, 2.24) is 10.6 Å². The van der Waals surface area contributed by atoms with Crippen molar-refractivity contribution in [1.29, 1.82) is 0 Å². The molecule has 0 aromatic heterocycles. The van der Waals surface area contributed by atoms with Gasteiger partial charge in [-0.1, -0.05) is 70.4 Å². The molecule has 1 atom stereocenters. The molecule has 0 saturated heterocycles. The quantitative estimate of drug-likeness (QED) is 0.646. The van der Waals surface area contributed by atoms with Gasteiger partial charge in [0.15, 0.2) is 0 Å². The van der Waals surface area contributed by atoms with Gasteiger partial charge in [0.05, 0.1) is 6.54 Å². The van der Waals surface area contributed by atoms with E-state index in [2.05, 4.69) is 55.7 Å². The molecule has 1 aromatic rings. The van der Waals surface area contributed by atoms with E-state index in [-0.39, 0.29) is 11.9 Å². The average molecular weight is 290 g/mol. The molecular weight excluding hydrogens is 260 g/mol. The van der Waals surface area contributed by atoms with E-state index < -0.39 is 0 Å². The Morgan fingerprint density at radius 3 is 2.48 bits per heavy atom. The van der Waals surface area contributed by atoms with Crippen LogP contribution >= 0.6 is 0 Å². The van der Waals surface area contributed by atoms with E-state index in [1.54, 1.807) is 0 Å². The number of carbonyl (C=O) groups excluding carboxylic acids is 1. The molecule has 1 amide bonds. The number of rotatable bonds is 10. The third-order valence-electron chi connectivity index (χ3n) is 3.51. The van der Waals surface area contributed by atoms with Crippen molar-refractivity contribution in [3.05, 3.63) is 35.9 Å². The van der Waals surface area contributed by atoms with E-state index in [1.807, 2.05) is 6.07 Å². The maximum absolute atomic E-state index is 11.8. The summed E-state index contributed by atoms with van der Waals surface area (Å²) >= 11 is 0. The highest BCUT2D eigenvalue weighted by Gasteiger charge is 2.12. The lowest BCUT2D eigenvalue weighted by atomic mass is 10.0. The second kappa shape index (κ2) is 10.4. The molecule has 0 aliphatic carbocycles. The van der Waals surface area contributed by atoms with Gasteiger partial charge in [-0.3, -0.25) is 4.79 Å². The van der Waals surface area contributed by atoms with Gasteiger partial charge in [-0.25, -0.2) is 0 Å². The number of nitrogens with one attached hydrogen (secondary N) is 2. The molecule has 1 aromatic carbocycles. The fourth-order valence-electron chi connectivity index (χ4n) is 2.27. The third-order valence-corrected chi connectivity index (χ3v) is 3.51. The molecule has 0 aliphatic rings. The monoisotopic (exact) mass is 290 g/mol. The van der Waals surface area contributed by atoms with Gasteiger partial charge in [-0.15, -0.1) is 0 Å². The van der Waals surface area contributed by atoms with Gasteiger partial charge in [0.1, 0.15) is 0 Å². The van der Waals surface area contributed by atoms with Crippen LogP contribution in [0.25, 0.3) is 0 Å². The summed E-state index contributed by atoms with van der Waals surface area (Å²) in [7, 11) is 0. The van der Waals surface area contributed by atoms with Gasteiger partial charge in [-0.2, -0.15) is 0 Å². The minimum absolute atomic E-state index is 0.0834. The van der Waals surface area contributed by atoms with E-state index in [0.29, 0.717) is 12.5 Å². The minimum atomic E-state index is 0.0834. The van der Waals surface area contributed by atoms with E-state index >= 15 is 0 Å². The van der Waals surface area contributed by atoms with Crippen LogP contribution in [0.4, 0.5) is 0 Å². The van der Waals surface area contributed by atoms with Crippen molar-refractivity contribution in [3.63, 3.8) is 0 Å². The summed E-state index contributed by atoms with van der Waals surface area (Å²) in [6.07, 6.45) is 4.73. The average Bonchev–Trinajstić information content (AvgIpc) is 2.49. The smallest absolute Gasteiger partial charge is 0.233 e.